The Bertz CT molecular complexity index is 631. The van der Waals surface area contributed by atoms with Crippen molar-refractivity contribution in [3.8, 4) is 12.3 Å². The molecule has 0 aliphatic carbocycles. The Labute approximate surface area is 115 Å². The van der Waals surface area contributed by atoms with Crippen LogP contribution in [0.5, 0.6) is 0 Å². The summed E-state index contributed by atoms with van der Waals surface area (Å²) in [7, 11) is 0. The summed E-state index contributed by atoms with van der Waals surface area (Å²) in [6.07, 6.45) is 5.20. The monoisotopic (exact) mass is 272 g/mol. The first kappa shape index (κ1) is 13.6. The number of hydrogen-bond donors (Lipinski definition) is 2. The van der Waals surface area contributed by atoms with Gasteiger partial charge in [-0.1, -0.05) is 12.0 Å². The second-order valence-corrected chi connectivity index (χ2v) is 4.29. The molecule has 1 heterocycles. The molecule has 0 spiro atoms. The summed E-state index contributed by atoms with van der Waals surface area (Å²) in [6, 6.07) is 4.43. The second kappa shape index (κ2) is 5.45. The first-order valence-corrected chi connectivity index (χ1v) is 5.89. The van der Waals surface area contributed by atoms with Crippen LogP contribution in [0, 0.1) is 12.3 Å². The van der Waals surface area contributed by atoms with Crippen LogP contribution in [-0.4, -0.2) is 36.0 Å². The number of rotatable bonds is 4. The van der Waals surface area contributed by atoms with E-state index in [1.807, 2.05) is 0 Å². The molecule has 2 rings (SSSR count). The van der Waals surface area contributed by atoms with Gasteiger partial charge in [-0.15, -0.1) is 6.42 Å². The first-order valence-electron chi connectivity index (χ1n) is 5.89. The van der Waals surface area contributed by atoms with Crippen LogP contribution in [0.4, 0.5) is 5.69 Å². The van der Waals surface area contributed by atoms with Crippen LogP contribution in [-0.2, 0) is 16.0 Å². The van der Waals surface area contributed by atoms with Gasteiger partial charge in [-0.05, 0) is 17.7 Å². The van der Waals surface area contributed by atoms with Gasteiger partial charge < -0.3 is 15.3 Å². The van der Waals surface area contributed by atoms with Crippen molar-refractivity contribution in [2.75, 3.05) is 18.0 Å². The number of carbonyl (C=O) groups excluding carboxylic acids is 2. The number of terminal acetylenes is 1. The molecule has 0 saturated heterocycles. The van der Waals surface area contributed by atoms with E-state index >= 15 is 0 Å². The molecule has 0 radical (unpaired) electrons. The summed E-state index contributed by atoms with van der Waals surface area (Å²) >= 11 is 0. The predicted octanol–water partition coefficient (Wildman–Crippen LogP) is 0.0233. The molecule has 0 aromatic heterocycles. The van der Waals surface area contributed by atoms with Gasteiger partial charge in [-0.25, -0.2) is 4.79 Å². The number of anilines is 1. The van der Waals surface area contributed by atoms with Gasteiger partial charge in [0.15, 0.2) is 0 Å². The largest absolute Gasteiger partial charge is 0.478 e. The van der Waals surface area contributed by atoms with E-state index in [9.17, 15) is 14.4 Å². The van der Waals surface area contributed by atoms with E-state index in [2.05, 4.69) is 11.2 Å². The molecule has 2 N–H and O–H groups in total. The van der Waals surface area contributed by atoms with Gasteiger partial charge in [0.25, 0.3) is 0 Å². The molecule has 6 nitrogen and oxygen atoms in total. The molecule has 1 aromatic carbocycles. The number of carbonyl (C=O) groups is 3. The maximum Gasteiger partial charge on any atom is 0.335 e. The number of fused-ring (bicyclic) bond motifs is 1. The molecule has 1 aromatic rings. The Morgan fingerprint density at radius 2 is 2.20 bits per heavy atom. The Morgan fingerprint density at radius 1 is 1.45 bits per heavy atom. The third-order valence-corrected chi connectivity index (χ3v) is 2.96. The minimum atomic E-state index is -1.08. The van der Waals surface area contributed by atoms with Crippen LogP contribution in [0.2, 0.25) is 0 Å². The van der Waals surface area contributed by atoms with Crippen LogP contribution in [0.1, 0.15) is 15.9 Å². The summed E-state index contributed by atoms with van der Waals surface area (Å²) in [5.74, 6) is 0.563. The van der Waals surface area contributed by atoms with E-state index in [0.717, 1.165) is 0 Å². The zero-order valence-electron chi connectivity index (χ0n) is 10.5. The number of carboxylic acids is 1. The van der Waals surface area contributed by atoms with Crippen molar-refractivity contribution in [1.29, 1.82) is 0 Å². The lowest BCUT2D eigenvalue weighted by molar-refractivity contribution is -0.123. The molecule has 0 saturated carbocycles. The number of benzene rings is 1. The number of amides is 2. The van der Waals surface area contributed by atoms with Gasteiger partial charge >= 0.3 is 5.97 Å². The molecule has 1 aliphatic rings. The average molecular weight is 272 g/mol. The summed E-state index contributed by atoms with van der Waals surface area (Å²) in [5.41, 5.74) is 1.25. The third kappa shape index (κ3) is 2.62. The minimum Gasteiger partial charge on any atom is -0.478 e. The van der Waals surface area contributed by atoms with Gasteiger partial charge in [-0.2, -0.15) is 0 Å². The van der Waals surface area contributed by atoms with Gasteiger partial charge in [0.1, 0.15) is 6.54 Å². The number of carboxylic acid groups (broad SMARTS) is 1. The lowest BCUT2D eigenvalue weighted by Gasteiger charge is -2.17. The van der Waals surface area contributed by atoms with Gasteiger partial charge in [0.05, 0.1) is 18.5 Å². The Balaban J connectivity index is 2.22. The second-order valence-electron chi connectivity index (χ2n) is 4.29. The van der Waals surface area contributed by atoms with Gasteiger partial charge in [0, 0.05) is 5.69 Å². The first-order chi connectivity index (χ1) is 9.52. The number of nitrogens with zero attached hydrogens (tertiary/aromatic N) is 1. The highest BCUT2D eigenvalue weighted by atomic mass is 16.4. The van der Waals surface area contributed by atoms with Crippen LogP contribution in [0.25, 0.3) is 0 Å². The van der Waals surface area contributed by atoms with Crippen LogP contribution < -0.4 is 10.2 Å². The minimum absolute atomic E-state index is 0.0764. The normalized spacial score (nSPS) is 12.8. The Hall–Kier alpha value is -2.81. The van der Waals surface area contributed by atoms with E-state index < -0.39 is 5.97 Å². The number of nitrogens with one attached hydrogen (secondary N) is 1. The number of aromatic carboxylic acids is 1. The topological polar surface area (TPSA) is 86.7 Å². The molecule has 0 bridgehead atoms. The van der Waals surface area contributed by atoms with E-state index in [4.69, 9.17) is 11.5 Å². The fraction of sp³-hybridized carbons (Fsp3) is 0.214. The lowest BCUT2D eigenvalue weighted by atomic mass is 10.1. The zero-order valence-corrected chi connectivity index (χ0v) is 10.5. The summed E-state index contributed by atoms with van der Waals surface area (Å²) in [6.45, 7) is -0.0839. The molecule has 2 amide bonds. The maximum absolute atomic E-state index is 11.9. The van der Waals surface area contributed by atoms with Gasteiger partial charge in [-0.3, -0.25) is 9.59 Å². The average Bonchev–Trinajstić information content (AvgIpc) is 2.72. The summed E-state index contributed by atoms with van der Waals surface area (Å²) < 4.78 is 0. The Morgan fingerprint density at radius 3 is 2.85 bits per heavy atom. The summed E-state index contributed by atoms with van der Waals surface area (Å²) in [5, 5.41) is 11.4. The van der Waals surface area contributed by atoms with Crippen molar-refractivity contribution in [1.82, 2.24) is 5.32 Å². The van der Waals surface area contributed by atoms with Crippen LogP contribution in [0.3, 0.4) is 0 Å². The maximum atomic E-state index is 11.9. The lowest BCUT2D eigenvalue weighted by Crippen LogP contribution is -2.39. The molecule has 102 valence electrons. The smallest absolute Gasteiger partial charge is 0.335 e. The SMILES string of the molecule is C#CCNC(=O)CN1C(=O)Cc2ccc(C(=O)O)cc21. The highest BCUT2D eigenvalue weighted by Crippen LogP contribution is 2.29. The fourth-order valence-corrected chi connectivity index (χ4v) is 2.01. The molecule has 6 heteroatoms. The van der Waals surface area contributed by atoms with E-state index in [0.29, 0.717) is 11.3 Å². The molecular weight excluding hydrogens is 260 g/mol. The Kier molecular flexibility index (Phi) is 3.71. The van der Waals surface area contributed by atoms with E-state index in [1.165, 1.54) is 17.0 Å². The quantitative estimate of drug-likeness (QED) is 0.757. The highest BCUT2D eigenvalue weighted by Gasteiger charge is 2.29. The van der Waals surface area contributed by atoms with Crippen molar-refractivity contribution in [3.63, 3.8) is 0 Å². The van der Waals surface area contributed by atoms with Crippen molar-refractivity contribution < 1.29 is 19.5 Å². The molecule has 0 atom stereocenters. The van der Waals surface area contributed by atoms with Crippen molar-refractivity contribution >= 4 is 23.5 Å². The van der Waals surface area contributed by atoms with E-state index in [1.54, 1.807) is 6.07 Å². The van der Waals surface area contributed by atoms with Crippen molar-refractivity contribution in [3.05, 3.63) is 29.3 Å². The third-order valence-electron chi connectivity index (χ3n) is 2.96. The van der Waals surface area contributed by atoms with Gasteiger partial charge in [0.2, 0.25) is 11.8 Å². The van der Waals surface area contributed by atoms with Crippen LogP contribution >= 0.6 is 0 Å². The molecular formula is C14H12N2O4. The fourth-order valence-electron chi connectivity index (χ4n) is 2.01. The predicted molar refractivity (Wildman–Crippen MR) is 71.3 cm³/mol. The van der Waals surface area contributed by atoms with Crippen LogP contribution in [0.15, 0.2) is 18.2 Å². The molecule has 20 heavy (non-hydrogen) atoms. The van der Waals surface area contributed by atoms with Crippen molar-refractivity contribution in [2.24, 2.45) is 0 Å². The highest BCUT2D eigenvalue weighted by molar-refractivity contribution is 6.06. The molecule has 1 aliphatic heterocycles. The van der Waals surface area contributed by atoms with E-state index in [-0.39, 0.29) is 36.9 Å². The van der Waals surface area contributed by atoms with Crippen molar-refractivity contribution in [2.45, 2.75) is 6.42 Å². The standard InChI is InChI=1S/C14H12N2O4/c1-2-5-15-12(17)8-16-11-6-10(14(19)20)4-3-9(11)7-13(16)18/h1,3-4,6H,5,7-8H2,(H,15,17)(H,19,20). The summed E-state index contributed by atoms with van der Waals surface area (Å²) in [4.78, 5) is 35.7. The molecule has 0 fully saturated rings. The number of hydrogen-bond acceptors (Lipinski definition) is 3. The zero-order chi connectivity index (χ0) is 14.7. The molecule has 0 unspecified atom stereocenters.